The van der Waals surface area contributed by atoms with Gasteiger partial charge in [-0.2, -0.15) is 13.2 Å². The highest BCUT2D eigenvalue weighted by atomic mass is 32.2. The first-order valence-corrected chi connectivity index (χ1v) is 12.7. The van der Waals surface area contributed by atoms with Gasteiger partial charge in [-0.05, 0) is 45.9 Å². The van der Waals surface area contributed by atoms with Crippen LogP contribution >= 0.6 is 0 Å². The second kappa shape index (κ2) is 8.63. The van der Waals surface area contributed by atoms with E-state index >= 15 is 0 Å². The molecule has 0 aliphatic carbocycles. The number of sulfone groups is 1. The van der Waals surface area contributed by atoms with E-state index in [4.69, 9.17) is 9.31 Å². The van der Waals surface area contributed by atoms with Gasteiger partial charge in [0, 0.05) is 24.9 Å². The van der Waals surface area contributed by atoms with Crippen molar-refractivity contribution in [3.63, 3.8) is 0 Å². The average molecular weight is 523 g/mol. The Bertz CT molecular complexity index is 1410. The topological polar surface area (TPSA) is 109 Å². The maximum absolute atomic E-state index is 13.2. The van der Waals surface area contributed by atoms with E-state index in [0.717, 1.165) is 18.3 Å². The van der Waals surface area contributed by atoms with Crippen LogP contribution in [-0.2, 0) is 32.4 Å². The number of hydrogen-bond donors (Lipinski definition) is 0. The van der Waals surface area contributed by atoms with E-state index in [0.29, 0.717) is 5.46 Å². The molecular formula is C22H25BF3N5O4S. The molecule has 1 saturated heterocycles. The summed E-state index contributed by atoms with van der Waals surface area (Å²) < 4.78 is 79.0. The van der Waals surface area contributed by atoms with E-state index in [1.165, 1.54) is 30.8 Å². The molecule has 9 nitrogen and oxygen atoms in total. The van der Waals surface area contributed by atoms with E-state index in [9.17, 15) is 21.6 Å². The minimum absolute atomic E-state index is 0.00495. The first-order valence-electron chi connectivity index (χ1n) is 11.1. The summed E-state index contributed by atoms with van der Waals surface area (Å²) in [5, 5.41) is 8.01. The maximum atomic E-state index is 13.2. The predicted molar refractivity (Wildman–Crippen MR) is 126 cm³/mol. The van der Waals surface area contributed by atoms with Crippen molar-refractivity contribution < 1.29 is 30.9 Å². The summed E-state index contributed by atoms with van der Waals surface area (Å²) in [7, 11) is -3.15. The van der Waals surface area contributed by atoms with Crippen LogP contribution in [0.5, 0.6) is 0 Å². The van der Waals surface area contributed by atoms with Crippen LogP contribution in [0, 0.1) is 0 Å². The highest BCUT2D eigenvalue weighted by molar-refractivity contribution is 7.91. The smallest absolute Gasteiger partial charge is 0.399 e. The Morgan fingerprint density at radius 3 is 2.22 bits per heavy atom. The summed E-state index contributed by atoms with van der Waals surface area (Å²) >= 11 is 0. The standard InChI is InChI=1S/C22H25BF3N5O4S/c1-7-36(32,33)16-11-14(23-34-20(2,3)21(4,5)35-23)12-28-17(16)19-30-29-18(31(19)6)15-10-13(8-9-27-15)22(24,25)26/h8-12H,7H2,1-6H3. The van der Waals surface area contributed by atoms with Gasteiger partial charge >= 0.3 is 13.3 Å². The average Bonchev–Trinajstić information content (AvgIpc) is 3.28. The Labute approximate surface area is 207 Å². The molecule has 1 aliphatic heterocycles. The molecule has 1 fully saturated rings. The van der Waals surface area contributed by atoms with E-state index in [2.05, 4.69) is 20.2 Å². The molecule has 0 radical (unpaired) electrons. The van der Waals surface area contributed by atoms with Crippen LogP contribution in [0.2, 0.25) is 0 Å². The number of nitrogens with zero attached hydrogens (tertiary/aromatic N) is 5. The molecule has 192 valence electrons. The highest BCUT2D eigenvalue weighted by Crippen LogP contribution is 2.37. The quantitative estimate of drug-likeness (QED) is 0.470. The molecule has 3 aromatic rings. The fraction of sp³-hybridized carbons (Fsp3) is 0.455. The fourth-order valence-corrected chi connectivity index (χ4v) is 4.68. The molecule has 0 bridgehead atoms. The fourth-order valence-electron chi connectivity index (χ4n) is 3.62. The zero-order chi connectivity index (χ0) is 26.7. The van der Waals surface area contributed by atoms with Crippen molar-refractivity contribution >= 4 is 22.4 Å². The minimum Gasteiger partial charge on any atom is -0.399 e. The Balaban J connectivity index is 1.81. The van der Waals surface area contributed by atoms with Crippen LogP contribution < -0.4 is 5.46 Å². The minimum atomic E-state index is -4.56. The molecule has 0 N–H and O–H groups in total. The highest BCUT2D eigenvalue weighted by Gasteiger charge is 2.52. The lowest BCUT2D eigenvalue weighted by Crippen LogP contribution is -2.41. The third-order valence-corrected chi connectivity index (χ3v) is 8.26. The van der Waals surface area contributed by atoms with Gasteiger partial charge in [0.25, 0.3) is 0 Å². The molecule has 4 heterocycles. The van der Waals surface area contributed by atoms with E-state index in [-0.39, 0.29) is 33.7 Å². The van der Waals surface area contributed by atoms with E-state index in [1.807, 2.05) is 27.7 Å². The number of aromatic nitrogens is 5. The second-order valence-corrected chi connectivity index (χ2v) is 11.7. The number of hydrogen-bond acceptors (Lipinski definition) is 8. The SMILES string of the molecule is CCS(=O)(=O)c1cc(B2OC(C)(C)C(C)(C)O2)cnc1-c1nnc(-c2cc(C(F)(F)F)ccn2)n1C. The van der Waals surface area contributed by atoms with E-state index in [1.54, 1.807) is 0 Å². The van der Waals surface area contributed by atoms with Crippen molar-refractivity contribution in [2.75, 3.05) is 5.75 Å². The van der Waals surface area contributed by atoms with Gasteiger partial charge in [0.15, 0.2) is 21.5 Å². The van der Waals surface area contributed by atoms with E-state index < -0.39 is 39.9 Å². The van der Waals surface area contributed by atoms with Crippen LogP contribution in [0.15, 0.2) is 35.5 Å². The molecule has 1 aliphatic rings. The third-order valence-electron chi connectivity index (χ3n) is 6.52. The number of halogens is 3. The largest absolute Gasteiger partial charge is 0.496 e. The normalized spacial score (nSPS) is 17.5. The molecule has 3 aromatic heterocycles. The lowest BCUT2D eigenvalue weighted by molar-refractivity contribution is -0.137. The predicted octanol–water partition coefficient (Wildman–Crippen LogP) is 3.05. The number of pyridine rings is 2. The molecule has 0 saturated carbocycles. The summed E-state index contributed by atoms with van der Waals surface area (Å²) in [6.45, 7) is 9.00. The molecule has 0 amide bonds. The summed E-state index contributed by atoms with van der Waals surface area (Å²) in [4.78, 5) is 8.23. The Morgan fingerprint density at radius 1 is 1.03 bits per heavy atom. The summed E-state index contributed by atoms with van der Waals surface area (Å²) in [5.41, 5.74) is -1.83. The van der Waals surface area contributed by atoms with Gasteiger partial charge in [-0.1, -0.05) is 6.92 Å². The molecule has 14 heteroatoms. The van der Waals surface area contributed by atoms with Crippen molar-refractivity contribution in [1.82, 2.24) is 24.7 Å². The zero-order valence-electron chi connectivity index (χ0n) is 20.6. The Kier molecular flexibility index (Phi) is 6.29. The van der Waals surface area contributed by atoms with Crippen LogP contribution in [0.4, 0.5) is 13.2 Å². The van der Waals surface area contributed by atoms with Crippen molar-refractivity contribution in [3.8, 4) is 23.0 Å². The third kappa shape index (κ3) is 4.52. The van der Waals surface area contributed by atoms with Gasteiger partial charge in [0.1, 0.15) is 11.4 Å². The van der Waals surface area contributed by atoms with Gasteiger partial charge in [-0.25, -0.2) is 8.42 Å². The molecule has 0 spiro atoms. The van der Waals surface area contributed by atoms with Gasteiger partial charge in [-0.15, -0.1) is 10.2 Å². The van der Waals surface area contributed by atoms with Crippen molar-refractivity contribution in [2.45, 2.75) is 56.9 Å². The summed E-state index contributed by atoms with van der Waals surface area (Å²) in [5.74, 6) is -0.140. The lowest BCUT2D eigenvalue weighted by atomic mass is 9.80. The van der Waals surface area contributed by atoms with Crippen molar-refractivity contribution in [3.05, 3.63) is 36.2 Å². The van der Waals surface area contributed by atoms with Gasteiger partial charge < -0.3 is 13.9 Å². The molecule has 36 heavy (non-hydrogen) atoms. The molecule has 0 unspecified atom stereocenters. The number of rotatable bonds is 5. The van der Waals surface area contributed by atoms with Gasteiger partial charge in [-0.3, -0.25) is 9.97 Å². The zero-order valence-corrected chi connectivity index (χ0v) is 21.4. The van der Waals surface area contributed by atoms with Gasteiger partial charge in [0.05, 0.1) is 27.4 Å². The Morgan fingerprint density at radius 2 is 1.64 bits per heavy atom. The Hall–Kier alpha value is -2.84. The van der Waals surface area contributed by atoms with Gasteiger partial charge in [0.2, 0.25) is 0 Å². The second-order valence-electron chi connectivity index (χ2n) is 9.44. The monoisotopic (exact) mass is 523 g/mol. The van der Waals surface area contributed by atoms with Crippen LogP contribution in [0.25, 0.3) is 23.0 Å². The van der Waals surface area contributed by atoms with Crippen LogP contribution in [0.3, 0.4) is 0 Å². The van der Waals surface area contributed by atoms with Crippen molar-refractivity contribution in [1.29, 1.82) is 0 Å². The van der Waals surface area contributed by atoms with Crippen molar-refractivity contribution in [2.24, 2.45) is 7.05 Å². The lowest BCUT2D eigenvalue weighted by Gasteiger charge is -2.32. The maximum Gasteiger partial charge on any atom is 0.496 e. The molecule has 4 rings (SSSR count). The summed E-state index contributed by atoms with van der Waals surface area (Å²) in [6.07, 6.45) is -2.10. The molecule has 0 aromatic carbocycles. The molecule has 0 atom stereocenters. The van der Waals surface area contributed by atoms with Crippen LogP contribution in [-0.4, -0.2) is 57.2 Å². The summed E-state index contributed by atoms with van der Waals surface area (Å²) in [6, 6.07) is 3.13. The first kappa shape index (κ1) is 26.2. The number of alkyl halides is 3. The molecular weight excluding hydrogens is 498 g/mol. The van der Waals surface area contributed by atoms with Crippen LogP contribution in [0.1, 0.15) is 40.2 Å². The first-order chi connectivity index (χ1) is 16.6.